The molecule has 3 atom stereocenters. The molecule has 1 aromatic rings. The van der Waals surface area contributed by atoms with Gasteiger partial charge in [-0.05, 0) is 51.5 Å². The number of hydrogen-bond donors (Lipinski definition) is 1. The van der Waals surface area contributed by atoms with Gasteiger partial charge in [-0.15, -0.1) is 0 Å². The Morgan fingerprint density at radius 1 is 1.45 bits per heavy atom. The fourth-order valence-electron chi connectivity index (χ4n) is 3.39. The van der Waals surface area contributed by atoms with Crippen LogP contribution in [0.5, 0.6) is 0 Å². The van der Waals surface area contributed by atoms with Crippen molar-refractivity contribution in [1.29, 1.82) is 0 Å². The minimum atomic E-state index is 0.345. The Labute approximate surface area is 128 Å². The molecule has 1 aliphatic rings. The predicted octanol–water partition coefficient (Wildman–Crippen LogP) is 4.59. The van der Waals surface area contributed by atoms with Gasteiger partial charge in [0.05, 0.1) is 23.0 Å². The van der Waals surface area contributed by atoms with Crippen LogP contribution >= 0.6 is 11.6 Å². The van der Waals surface area contributed by atoms with Crippen LogP contribution in [0.25, 0.3) is 0 Å². The van der Waals surface area contributed by atoms with Crippen molar-refractivity contribution in [1.82, 2.24) is 15.1 Å². The summed E-state index contributed by atoms with van der Waals surface area (Å²) < 4.78 is 2.10. The van der Waals surface area contributed by atoms with E-state index < -0.39 is 0 Å². The molecule has 3 nitrogen and oxygen atoms in total. The average molecular weight is 298 g/mol. The number of nitrogens with zero attached hydrogens (tertiary/aromatic N) is 2. The van der Waals surface area contributed by atoms with Crippen molar-refractivity contribution in [2.75, 3.05) is 6.54 Å². The van der Waals surface area contributed by atoms with Gasteiger partial charge in [0.1, 0.15) is 0 Å². The molecule has 114 valence electrons. The Balaban J connectivity index is 2.28. The second-order valence-corrected chi connectivity index (χ2v) is 6.93. The standard InChI is InChI=1S/C16H28ClN3/c1-5-8-18-15(13-7-6-12(4)9-13)16-14(17)10-19-20(16)11(2)3/h10-13,15,18H,5-9H2,1-4H3. The third-order valence-corrected chi connectivity index (χ3v) is 4.68. The molecule has 1 fully saturated rings. The zero-order valence-corrected chi connectivity index (χ0v) is 14.0. The minimum Gasteiger partial charge on any atom is -0.308 e. The molecule has 0 radical (unpaired) electrons. The average Bonchev–Trinajstić information content (AvgIpc) is 2.98. The first-order valence-corrected chi connectivity index (χ1v) is 8.38. The summed E-state index contributed by atoms with van der Waals surface area (Å²) >= 11 is 6.45. The van der Waals surface area contributed by atoms with Crippen molar-refractivity contribution in [2.24, 2.45) is 11.8 Å². The largest absolute Gasteiger partial charge is 0.308 e. The van der Waals surface area contributed by atoms with E-state index in [0.717, 1.165) is 23.9 Å². The van der Waals surface area contributed by atoms with E-state index >= 15 is 0 Å². The van der Waals surface area contributed by atoms with Gasteiger partial charge in [-0.2, -0.15) is 5.10 Å². The SMILES string of the molecule is CCCNC(c1c(Cl)cnn1C(C)C)C1CCC(C)C1. The van der Waals surface area contributed by atoms with Crippen molar-refractivity contribution in [3.05, 3.63) is 16.9 Å². The third kappa shape index (κ3) is 3.37. The molecule has 4 heteroatoms. The summed E-state index contributed by atoms with van der Waals surface area (Å²) in [6.07, 6.45) is 6.87. The summed E-state index contributed by atoms with van der Waals surface area (Å²) in [5.74, 6) is 1.52. The summed E-state index contributed by atoms with van der Waals surface area (Å²) in [7, 11) is 0. The van der Waals surface area contributed by atoms with E-state index in [9.17, 15) is 0 Å². The first kappa shape index (κ1) is 15.8. The van der Waals surface area contributed by atoms with Gasteiger partial charge in [-0.3, -0.25) is 4.68 Å². The number of halogens is 1. The maximum Gasteiger partial charge on any atom is 0.0834 e. The molecular formula is C16H28ClN3. The molecule has 0 aromatic carbocycles. The fourth-order valence-corrected chi connectivity index (χ4v) is 3.64. The Morgan fingerprint density at radius 2 is 2.20 bits per heavy atom. The minimum absolute atomic E-state index is 0.345. The van der Waals surface area contributed by atoms with E-state index in [1.54, 1.807) is 6.20 Å². The zero-order valence-electron chi connectivity index (χ0n) is 13.2. The van der Waals surface area contributed by atoms with E-state index in [0.29, 0.717) is 18.0 Å². The molecule has 1 aliphatic carbocycles. The van der Waals surface area contributed by atoms with Crippen LogP contribution < -0.4 is 5.32 Å². The van der Waals surface area contributed by atoms with Crippen molar-refractivity contribution >= 4 is 11.6 Å². The van der Waals surface area contributed by atoms with Crippen LogP contribution in [0.4, 0.5) is 0 Å². The van der Waals surface area contributed by atoms with Crippen LogP contribution in [-0.4, -0.2) is 16.3 Å². The molecular weight excluding hydrogens is 270 g/mol. The van der Waals surface area contributed by atoms with Crippen LogP contribution in [0.1, 0.15) is 71.2 Å². The summed E-state index contributed by atoms with van der Waals surface area (Å²) in [5.41, 5.74) is 1.19. The Morgan fingerprint density at radius 3 is 2.75 bits per heavy atom. The molecule has 1 heterocycles. The van der Waals surface area contributed by atoms with Gasteiger partial charge in [0.25, 0.3) is 0 Å². The van der Waals surface area contributed by atoms with Crippen LogP contribution in [0, 0.1) is 11.8 Å². The number of hydrogen-bond acceptors (Lipinski definition) is 2. The van der Waals surface area contributed by atoms with Gasteiger partial charge in [0.15, 0.2) is 0 Å². The zero-order chi connectivity index (χ0) is 14.7. The van der Waals surface area contributed by atoms with Gasteiger partial charge < -0.3 is 5.32 Å². The summed E-state index contributed by atoms with van der Waals surface area (Å²) in [4.78, 5) is 0. The molecule has 20 heavy (non-hydrogen) atoms. The maximum absolute atomic E-state index is 6.45. The van der Waals surface area contributed by atoms with E-state index in [1.807, 2.05) is 0 Å². The van der Waals surface area contributed by atoms with Gasteiger partial charge >= 0.3 is 0 Å². The van der Waals surface area contributed by atoms with E-state index in [1.165, 1.54) is 25.0 Å². The van der Waals surface area contributed by atoms with Gasteiger partial charge in [0.2, 0.25) is 0 Å². The second kappa shape index (κ2) is 6.95. The third-order valence-electron chi connectivity index (χ3n) is 4.39. The van der Waals surface area contributed by atoms with E-state index in [4.69, 9.17) is 11.6 Å². The summed E-state index contributed by atoms with van der Waals surface area (Å²) in [6, 6.07) is 0.694. The Kier molecular flexibility index (Phi) is 5.50. The van der Waals surface area contributed by atoms with Crippen molar-refractivity contribution in [3.8, 4) is 0 Å². The van der Waals surface area contributed by atoms with Gasteiger partial charge in [-0.25, -0.2) is 0 Å². The normalized spacial score (nSPS) is 24.5. The van der Waals surface area contributed by atoms with E-state index in [-0.39, 0.29) is 0 Å². The maximum atomic E-state index is 6.45. The molecule has 1 aromatic heterocycles. The van der Waals surface area contributed by atoms with Crippen LogP contribution in [0.3, 0.4) is 0 Å². The lowest BCUT2D eigenvalue weighted by Crippen LogP contribution is -2.31. The molecule has 0 aliphatic heterocycles. The Bertz CT molecular complexity index is 427. The highest BCUT2D eigenvalue weighted by Gasteiger charge is 2.33. The van der Waals surface area contributed by atoms with Crippen LogP contribution in [0.2, 0.25) is 5.02 Å². The van der Waals surface area contributed by atoms with Crippen molar-refractivity contribution in [2.45, 2.75) is 65.5 Å². The van der Waals surface area contributed by atoms with Crippen LogP contribution in [0.15, 0.2) is 6.20 Å². The molecule has 0 amide bonds. The number of aromatic nitrogens is 2. The lowest BCUT2D eigenvalue weighted by Gasteiger charge is -2.27. The Hall–Kier alpha value is -0.540. The topological polar surface area (TPSA) is 29.9 Å². The lowest BCUT2D eigenvalue weighted by atomic mass is 9.93. The van der Waals surface area contributed by atoms with Crippen LogP contribution in [-0.2, 0) is 0 Å². The van der Waals surface area contributed by atoms with Crippen molar-refractivity contribution in [3.63, 3.8) is 0 Å². The molecule has 2 rings (SSSR count). The summed E-state index contributed by atoms with van der Waals surface area (Å²) in [5, 5.41) is 9.02. The highest BCUT2D eigenvalue weighted by Crippen LogP contribution is 2.41. The van der Waals surface area contributed by atoms with E-state index in [2.05, 4.69) is 42.8 Å². The second-order valence-electron chi connectivity index (χ2n) is 6.53. The lowest BCUT2D eigenvalue weighted by molar-refractivity contribution is 0.331. The summed E-state index contributed by atoms with van der Waals surface area (Å²) in [6.45, 7) is 9.94. The monoisotopic (exact) mass is 297 g/mol. The molecule has 0 saturated heterocycles. The molecule has 0 bridgehead atoms. The molecule has 1 saturated carbocycles. The molecule has 3 unspecified atom stereocenters. The highest BCUT2D eigenvalue weighted by atomic mass is 35.5. The van der Waals surface area contributed by atoms with Gasteiger partial charge in [0, 0.05) is 6.04 Å². The first-order chi connectivity index (χ1) is 9.54. The smallest absolute Gasteiger partial charge is 0.0834 e. The first-order valence-electron chi connectivity index (χ1n) is 8.00. The number of nitrogens with one attached hydrogen (secondary N) is 1. The molecule has 0 spiro atoms. The number of rotatable bonds is 6. The van der Waals surface area contributed by atoms with Crippen molar-refractivity contribution < 1.29 is 0 Å². The highest BCUT2D eigenvalue weighted by molar-refractivity contribution is 6.31. The molecule has 1 N–H and O–H groups in total. The predicted molar refractivity (Wildman–Crippen MR) is 85.2 cm³/mol. The fraction of sp³-hybridized carbons (Fsp3) is 0.812. The quantitative estimate of drug-likeness (QED) is 0.832. The van der Waals surface area contributed by atoms with Gasteiger partial charge in [-0.1, -0.05) is 31.9 Å².